The van der Waals surface area contributed by atoms with Gasteiger partial charge in [0.15, 0.2) is 0 Å². The highest BCUT2D eigenvalue weighted by Gasteiger charge is 2.36. The van der Waals surface area contributed by atoms with Crippen LogP contribution in [0.4, 0.5) is 5.13 Å². The number of aromatic nitrogens is 1. The van der Waals surface area contributed by atoms with Crippen LogP contribution in [0.25, 0.3) is 0 Å². The van der Waals surface area contributed by atoms with E-state index in [1.54, 1.807) is 6.20 Å². The predicted octanol–water partition coefficient (Wildman–Crippen LogP) is 1.61. The molecule has 0 saturated carbocycles. The van der Waals surface area contributed by atoms with Gasteiger partial charge in [-0.2, -0.15) is 10.1 Å². The minimum absolute atomic E-state index is 0.00819. The van der Waals surface area contributed by atoms with E-state index in [1.165, 1.54) is 16.3 Å². The highest BCUT2D eigenvalue weighted by molar-refractivity contribution is 7.13. The summed E-state index contributed by atoms with van der Waals surface area (Å²) < 4.78 is 0. The van der Waals surface area contributed by atoms with E-state index < -0.39 is 0 Å². The van der Waals surface area contributed by atoms with Gasteiger partial charge >= 0.3 is 0 Å². The lowest BCUT2D eigenvalue weighted by Gasteiger charge is -2.10. The van der Waals surface area contributed by atoms with Gasteiger partial charge in [0.25, 0.3) is 5.91 Å². The van der Waals surface area contributed by atoms with Gasteiger partial charge in [-0.25, -0.2) is 4.98 Å². The van der Waals surface area contributed by atoms with Crippen LogP contribution in [0.3, 0.4) is 0 Å². The van der Waals surface area contributed by atoms with Gasteiger partial charge in [-0.15, -0.1) is 11.3 Å². The van der Waals surface area contributed by atoms with Crippen LogP contribution in [-0.2, 0) is 4.79 Å². The monoisotopic (exact) mass is 252 g/mol. The van der Waals surface area contributed by atoms with E-state index in [2.05, 4.69) is 17.0 Å². The van der Waals surface area contributed by atoms with E-state index in [1.807, 2.05) is 5.38 Å². The molecule has 1 aromatic heterocycles. The zero-order valence-corrected chi connectivity index (χ0v) is 10.6. The average Bonchev–Trinajstić information content (AvgIpc) is 2.92. The number of carbonyl (C=O) groups excluding carboxylic acids is 1. The fourth-order valence-corrected chi connectivity index (χ4v) is 2.53. The van der Waals surface area contributed by atoms with Crippen molar-refractivity contribution in [1.82, 2.24) is 4.98 Å². The summed E-state index contributed by atoms with van der Waals surface area (Å²) >= 11 is 1.42. The van der Waals surface area contributed by atoms with Crippen molar-refractivity contribution in [3.63, 3.8) is 0 Å². The van der Waals surface area contributed by atoms with Gasteiger partial charge in [-0.05, 0) is 19.4 Å². The molecule has 0 radical (unpaired) electrons. The second-order valence-electron chi connectivity index (χ2n) is 3.94. The maximum atomic E-state index is 12.2. The minimum Gasteiger partial charge on any atom is -0.330 e. The fourth-order valence-electron chi connectivity index (χ4n) is 1.93. The normalized spacial score (nSPS) is 19.9. The highest BCUT2D eigenvalue weighted by Crippen LogP contribution is 2.28. The average molecular weight is 252 g/mol. The van der Waals surface area contributed by atoms with Crippen molar-refractivity contribution < 1.29 is 4.79 Å². The molecule has 0 spiro atoms. The first-order chi connectivity index (χ1) is 8.27. The molecule has 2 N–H and O–H groups in total. The van der Waals surface area contributed by atoms with E-state index in [0.29, 0.717) is 18.1 Å². The molecule has 0 aromatic carbocycles. The molecule has 92 valence electrons. The SMILES string of the molecule is CCCC1=NN(c2nccs2)C(=O)C1CCN. The first kappa shape index (κ1) is 12.2. The Morgan fingerprint density at radius 2 is 2.41 bits per heavy atom. The van der Waals surface area contributed by atoms with Crippen molar-refractivity contribution in [3.05, 3.63) is 11.6 Å². The third-order valence-electron chi connectivity index (χ3n) is 2.70. The van der Waals surface area contributed by atoms with Crippen molar-refractivity contribution in [2.45, 2.75) is 26.2 Å². The van der Waals surface area contributed by atoms with Crippen LogP contribution in [-0.4, -0.2) is 23.1 Å². The summed E-state index contributed by atoms with van der Waals surface area (Å²) in [5.41, 5.74) is 6.50. The van der Waals surface area contributed by atoms with Crippen molar-refractivity contribution in [2.24, 2.45) is 16.8 Å². The molecule has 0 aliphatic carbocycles. The number of hydrogen-bond donors (Lipinski definition) is 1. The zero-order valence-electron chi connectivity index (χ0n) is 9.80. The molecule has 17 heavy (non-hydrogen) atoms. The first-order valence-electron chi connectivity index (χ1n) is 5.78. The van der Waals surface area contributed by atoms with Gasteiger partial charge in [0.1, 0.15) is 0 Å². The molecule has 1 unspecified atom stereocenters. The third kappa shape index (κ3) is 2.37. The Balaban J connectivity index is 2.22. The number of hydrogen-bond acceptors (Lipinski definition) is 5. The number of rotatable bonds is 5. The predicted molar refractivity (Wildman–Crippen MR) is 69.1 cm³/mol. The van der Waals surface area contributed by atoms with Crippen LogP contribution < -0.4 is 10.7 Å². The molecule has 0 fully saturated rings. The van der Waals surface area contributed by atoms with Crippen LogP contribution in [0.2, 0.25) is 0 Å². The van der Waals surface area contributed by atoms with Crippen LogP contribution in [0.15, 0.2) is 16.7 Å². The van der Waals surface area contributed by atoms with E-state index in [-0.39, 0.29) is 11.8 Å². The highest BCUT2D eigenvalue weighted by atomic mass is 32.1. The van der Waals surface area contributed by atoms with Crippen LogP contribution in [0.5, 0.6) is 0 Å². The van der Waals surface area contributed by atoms with E-state index in [4.69, 9.17) is 5.73 Å². The Bertz CT molecular complexity index is 415. The topological polar surface area (TPSA) is 71.6 Å². The lowest BCUT2D eigenvalue weighted by atomic mass is 9.96. The largest absolute Gasteiger partial charge is 0.330 e. The number of amides is 1. The standard InChI is InChI=1S/C11H16N4OS/c1-2-3-9-8(4-5-12)10(16)15(14-9)11-13-6-7-17-11/h6-8H,2-5,12H2,1H3. The summed E-state index contributed by atoms with van der Waals surface area (Å²) in [5.74, 6) is -0.141. The Morgan fingerprint density at radius 3 is 3.00 bits per heavy atom. The summed E-state index contributed by atoms with van der Waals surface area (Å²) in [6.45, 7) is 2.59. The summed E-state index contributed by atoms with van der Waals surface area (Å²) in [4.78, 5) is 16.3. The molecule has 2 rings (SSSR count). The molecule has 1 amide bonds. The second-order valence-corrected chi connectivity index (χ2v) is 4.81. The molecule has 1 aliphatic heterocycles. The van der Waals surface area contributed by atoms with E-state index in [9.17, 15) is 4.79 Å². The second kappa shape index (κ2) is 5.37. The lowest BCUT2D eigenvalue weighted by Crippen LogP contribution is -2.29. The molecule has 1 aliphatic rings. The molecular weight excluding hydrogens is 236 g/mol. The van der Waals surface area contributed by atoms with Gasteiger partial charge in [0.2, 0.25) is 5.13 Å². The molecule has 0 bridgehead atoms. The van der Waals surface area contributed by atoms with Crippen molar-refractivity contribution >= 4 is 28.1 Å². The number of nitrogens with two attached hydrogens (primary N) is 1. The molecule has 1 aromatic rings. The van der Waals surface area contributed by atoms with Gasteiger partial charge in [-0.1, -0.05) is 13.3 Å². The van der Waals surface area contributed by atoms with Crippen LogP contribution in [0.1, 0.15) is 26.2 Å². The van der Waals surface area contributed by atoms with Crippen LogP contribution >= 0.6 is 11.3 Å². The third-order valence-corrected chi connectivity index (χ3v) is 3.45. The van der Waals surface area contributed by atoms with Crippen LogP contribution in [0, 0.1) is 5.92 Å². The summed E-state index contributed by atoms with van der Waals surface area (Å²) in [6.07, 6.45) is 4.18. The number of anilines is 1. The van der Waals surface area contributed by atoms with Crippen molar-refractivity contribution in [2.75, 3.05) is 11.6 Å². The molecule has 2 heterocycles. The number of thiazole rings is 1. The molecule has 5 nitrogen and oxygen atoms in total. The van der Waals surface area contributed by atoms with Gasteiger partial charge in [0.05, 0.1) is 11.6 Å². The Hall–Kier alpha value is -1.27. The quantitative estimate of drug-likeness (QED) is 0.865. The van der Waals surface area contributed by atoms with Crippen molar-refractivity contribution in [3.8, 4) is 0 Å². The lowest BCUT2D eigenvalue weighted by molar-refractivity contribution is -0.119. The summed E-state index contributed by atoms with van der Waals surface area (Å²) in [5, 5.41) is 8.30. The van der Waals surface area contributed by atoms with Gasteiger partial charge < -0.3 is 5.73 Å². The van der Waals surface area contributed by atoms with Gasteiger partial charge in [-0.3, -0.25) is 4.79 Å². The Labute approximate surface area is 104 Å². The number of carbonyl (C=O) groups is 1. The smallest absolute Gasteiger partial charge is 0.258 e. The molecule has 0 saturated heterocycles. The molecular formula is C11H16N4OS. The maximum Gasteiger partial charge on any atom is 0.258 e. The maximum absolute atomic E-state index is 12.2. The fraction of sp³-hybridized carbons (Fsp3) is 0.545. The van der Waals surface area contributed by atoms with Crippen molar-refractivity contribution in [1.29, 1.82) is 0 Å². The number of hydrazone groups is 1. The first-order valence-corrected chi connectivity index (χ1v) is 6.66. The van der Waals surface area contributed by atoms with Gasteiger partial charge in [0, 0.05) is 11.6 Å². The minimum atomic E-state index is -0.149. The molecule has 6 heteroatoms. The van der Waals surface area contributed by atoms with E-state index >= 15 is 0 Å². The Kier molecular flexibility index (Phi) is 3.86. The number of nitrogens with zero attached hydrogens (tertiary/aromatic N) is 3. The zero-order chi connectivity index (χ0) is 12.3. The summed E-state index contributed by atoms with van der Waals surface area (Å²) in [7, 11) is 0. The molecule has 1 atom stereocenters. The Morgan fingerprint density at radius 1 is 1.59 bits per heavy atom. The summed E-state index contributed by atoms with van der Waals surface area (Å²) in [6, 6.07) is 0. The van der Waals surface area contributed by atoms with E-state index in [0.717, 1.165) is 18.6 Å².